The second-order valence-electron chi connectivity index (χ2n) is 7.70. The molecular weight excluding hydrogens is 421 g/mol. The Bertz CT molecular complexity index is 821. The molecule has 0 aromatic heterocycles. The van der Waals surface area contributed by atoms with Crippen LogP contribution in [0, 0.1) is 10.1 Å². The number of rotatable bonds is 10. The van der Waals surface area contributed by atoms with Crippen molar-refractivity contribution in [1.29, 1.82) is 0 Å². The zero-order chi connectivity index (χ0) is 22.4. The van der Waals surface area contributed by atoms with Gasteiger partial charge in [-0.2, -0.15) is 0 Å². The van der Waals surface area contributed by atoms with E-state index < -0.39 is 22.9 Å². The molecule has 1 atom stereocenters. The molecule has 0 bridgehead atoms. The highest BCUT2D eigenvalue weighted by atomic mass is 32.2. The molecule has 0 spiro atoms. The Morgan fingerprint density at radius 3 is 1.63 bits per heavy atom. The maximum atomic E-state index is 14.5. The number of nitrogens with zero attached hydrogens (tertiary/aromatic N) is 1. The van der Waals surface area contributed by atoms with Crippen LogP contribution in [0.15, 0.2) is 60.7 Å². The van der Waals surface area contributed by atoms with Gasteiger partial charge in [0.25, 0.3) is 5.37 Å². The minimum atomic E-state index is -4.06. The molecule has 0 aliphatic carbocycles. The van der Waals surface area contributed by atoms with E-state index in [-0.39, 0.29) is 18.1 Å². The summed E-state index contributed by atoms with van der Waals surface area (Å²) in [6.45, 7) is 9.34. The fourth-order valence-electron chi connectivity index (χ4n) is 3.48. The molecule has 0 amide bonds. The summed E-state index contributed by atoms with van der Waals surface area (Å²) in [5, 5.41) is 9.63. The van der Waals surface area contributed by atoms with Crippen molar-refractivity contribution in [2.75, 3.05) is 13.2 Å². The highest BCUT2D eigenvalue weighted by Gasteiger charge is 2.65. The van der Waals surface area contributed by atoms with Crippen molar-refractivity contribution >= 4 is 19.4 Å². The van der Waals surface area contributed by atoms with Gasteiger partial charge in [-0.25, -0.2) is 0 Å². The van der Waals surface area contributed by atoms with E-state index in [1.165, 1.54) is 0 Å². The summed E-state index contributed by atoms with van der Waals surface area (Å²) in [5.74, 6) is 0. The number of hydrogen-bond donors (Lipinski definition) is 0. The fourth-order valence-corrected chi connectivity index (χ4v) is 7.69. The topological polar surface area (TPSA) is 78.7 Å². The smallest absolute Gasteiger partial charge is 0.308 e. The predicted octanol–water partition coefficient (Wildman–Crippen LogP) is 6.33. The second kappa shape index (κ2) is 10.1. The van der Waals surface area contributed by atoms with Crippen molar-refractivity contribution in [3.05, 3.63) is 81.9 Å². The summed E-state index contributed by atoms with van der Waals surface area (Å²) in [6.07, 6.45) is 0. The molecule has 0 heterocycles. The molecule has 8 heteroatoms. The summed E-state index contributed by atoms with van der Waals surface area (Å²) in [7, 11) is -4.06. The molecular formula is C22H30NO5PS. The van der Waals surface area contributed by atoms with Crippen LogP contribution in [-0.4, -0.2) is 28.3 Å². The zero-order valence-electron chi connectivity index (χ0n) is 18.1. The summed E-state index contributed by atoms with van der Waals surface area (Å²) in [4.78, 5) is 12.2. The van der Waals surface area contributed by atoms with E-state index in [0.29, 0.717) is 11.1 Å². The minimum Gasteiger partial charge on any atom is -0.308 e. The lowest BCUT2D eigenvalue weighted by Gasteiger charge is -2.41. The van der Waals surface area contributed by atoms with E-state index in [0.717, 1.165) is 11.8 Å². The third kappa shape index (κ3) is 4.97. The van der Waals surface area contributed by atoms with Crippen LogP contribution >= 0.6 is 19.4 Å². The summed E-state index contributed by atoms with van der Waals surface area (Å²) >= 11 is 1.15. The molecule has 164 valence electrons. The van der Waals surface area contributed by atoms with Crippen molar-refractivity contribution in [2.24, 2.45) is 0 Å². The van der Waals surface area contributed by atoms with Gasteiger partial charge in [0.15, 0.2) is 5.16 Å². The van der Waals surface area contributed by atoms with Crippen molar-refractivity contribution in [2.45, 2.75) is 49.9 Å². The lowest BCUT2D eigenvalue weighted by molar-refractivity contribution is -0.501. The highest BCUT2D eigenvalue weighted by molar-refractivity contribution is 8.01. The maximum Gasteiger partial charge on any atom is 0.353 e. The summed E-state index contributed by atoms with van der Waals surface area (Å²) in [5.41, 5.74) is 1.06. The number of thioether (sulfide) groups is 1. The summed E-state index contributed by atoms with van der Waals surface area (Å²) < 4.78 is 25.6. The maximum absolute atomic E-state index is 14.5. The Morgan fingerprint density at radius 1 is 0.933 bits per heavy atom. The molecule has 0 aliphatic heterocycles. The van der Waals surface area contributed by atoms with Crippen LogP contribution < -0.4 is 0 Å². The molecule has 30 heavy (non-hydrogen) atoms. The van der Waals surface area contributed by atoms with Crippen LogP contribution in [0.3, 0.4) is 0 Å². The van der Waals surface area contributed by atoms with Gasteiger partial charge in [0.05, 0.1) is 13.2 Å². The van der Waals surface area contributed by atoms with Crippen LogP contribution in [0.25, 0.3) is 0 Å². The summed E-state index contributed by atoms with van der Waals surface area (Å²) in [6, 6.07) is 17.8. The van der Waals surface area contributed by atoms with Crippen molar-refractivity contribution in [3.63, 3.8) is 0 Å². The standard InChI is InChI=1S/C22H30NO5PS/c1-6-27-29(26,28-7-2)22(18-14-10-8-11-15-18,19-16-12-9-13-17-19)20(23(24)25)30-21(3,4)5/h8-17,20H,6-7H2,1-5H3. The van der Waals surface area contributed by atoms with Gasteiger partial charge in [-0.1, -0.05) is 93.2 Å². The fraction of sp³-hybridized carbons (Fsp3) is 0.455. The van der Waals surface area contributed by atoms with Crippen LogP contribution in [-0.2, 0) is 18.8 Å². The van der Waals surface area contributed by atoms with Crippen LogP contribution in [0.4, 0.5) is 0 Å². The van der Waals surface area contributed by atoms with Crippen LogP contribution in [0.2, 0.25) is 0 Å². The van der Waals surface area contributed by atoms with Gasteiger partial charge in [0, 0.05) is 9.67 Å². The molecule has 2 aromatic rings. The predicted molar refractivity (Wildman–Crippen MR) is 123 cm³/mol. The van der Waals surface area contributed by atoms with Crippen LogP contribution in [0.5, 0.6) is 0 Å². The first-order valence-electron chi connectivity index (χ1n) is 9.94. The molecule has 2 aromatic carbocycles. The van der Waals surface area contributed by atoms with Gasteiger partial charge >= 0.3 is 7.60 Å². The monoisotopic (exact) mass is 451 g/mol. The first-order chi connectivity index (χ1) is 14.1. The quantitative estimate of drug-likeness (QED) is 0.182. The first kappa shape index (κ1) is 24.6. The molecule has 0 aliphatic rings. The molecule has 1 unspecified atom stereocenters. The molecule has 6 nitrogen and oxygen atoms in total. The molecule has 2 rings (SSSR count). The van der Waals surface area contributed by atoms with E-state index in [2.05, 4.69) is 0 Å². The van der Waals surface area contributed by atoms with E-state index in [1.54, 1.807) is 62.4 Å². The SMILES string of the molecule is CCOP(=O)(OCC)C(c1ccccc1)(c1ccccc1)C(SC(C)(C)C)[N+](=O)[O-]. The normalized spacial score (nSPS) is 13.8. The van der Waals surface area contributed by atoms with Gasteiger partial charge in [-0.3, -0.25) is 14.7 Å². The molecule has 0 saturated carbocycles. The van der Waals surface area contributed by atoms with Gasteiger partial charge in [-0.05, 0) is 25.0 Å². The number of hydrogen-bond acceptors (Lipinski definition) is 6. The van der Waals surface area contributed by atoms with Crippen molar-refractivity contribution in [1.82, 2.24) is 0 Å². The largest absolute Gasteiger partial charge is 0.353 e. The van der Waals surface area contributed by atoms with E-state index in [1.807, 2.05) is 32.9 Å². The Hall–Kier alpha value is -1.66. The number of benzene rings is 2. The zero-order valence-corrected chi connectivity index (χ0v) is 19.8. The number of nitro groups is 1. The van der Waals surface area contributed by atoms with Crippen molar-refractivity contribution < 1.29 is 18.5 Å². The third-order valence-electron chi connectivity index (χ3n) is 4.47. The Morgan fingerprint density at radius 2 is 1.33 bits per heavy atom. The molecule has 0 fully saturated rings. The van der Waals surface area contributed by atoms with Crippen molar-refractivity contribution in [3.8, 4) is 0 Å². The average Bonchev–Trinajstić information content (AvgIpc) is 2.69. The highest BCUT2D eigenvalue weighted by Crippen LogP contribution is 2.71. The third-order valence-corrected chi connectivity index (χ3v) is 8.92. The van der Waals surface area contributed by atoms with E-state index in [4.69, 9.17) is 9.05 Å². The first-order valence-corrected chi connectivity index (χ1v) is 12.4. The van der Waals surface area contributed by atoms with Gasteiger partial charge in [0.2, 0.25) is 0 Å². The van der Waals surface area contributed by atoms with E-state index >= 15 is 0 Å². The lowest BCUT2D eigenvalue weighted by Crippen LogP contribution is -2.46. The lowest BCUT2D eigenvalue weighted by atomic mass is 9.89. The van der Waals surface area contributed by atoms with Gasteiger partial charge in [0.1, 0.15) is 0 Å². The second-order valence-corrected chi connectivity index (χ2v) is 11.8. The van der Waals surface area contributed by atoms with E-state index in [9.17, 15) is 14.7 Å². The Labute approximate surface area is 183 Å². The average molecular weight is 452 g/mol. The van der Waals surface area contributed by atoms with Gasteiger partial charge < -0.3 is 9.05 Å². The molecule has 0 saturated heterocycles. The Kier molecular flexibility index (Phi) is 8.28. The molecule has 0 radical (unpaired) electrons. The minimum absolute atomic E-state index is 0.101. The Balaban J connectivity index is 3.02. The van der Waals surface area contributed by atoms with Crippen LogP contribution in [0.1, 0.15) is 45.7 Å². The molecule has 0 N–H and O–H groups in total. The van der Waals surface area contributed by atoms with Gasteiger partial charge in [-0.15, -0.1) is 0 Å².